The normalized spacial score (nSPS) is 28.3. The molecule has 3 fully saturated rings. The maximum atomic E-state index is 14.9. The number of fused-ring (bicyclic) bond motifs is 5. The third-order valence-corrected chi connectivity index (χ3v) is 15.2. The summed E-state index contributed by atoms with van der Waals surface area (Å²) >= 11 is 0. The van der Waals surface area contributed by atoms with Crippen LogP contribution in [0.1, 0.15) is 122 Å². The lowest BCUT2D eigenvalue weighted by Crippen LogP contribution is -2.58. The fraction of sp³-hybridized carbons (Fsp3) is 0.674. The van der Waals surface area contributed by atoms with Crippen molar-refractivity contribution < 1.29 is 55.0 Å². The first-order valence-corrected chi connectivity index (χ1v) is 23.2. The van der Waals surface area contributed by atoms with E-state index < -0.39 is 91.5 Å². The van der Waals surface area contributed by atoms with E-state index in [1.54, 1.807) is 6.08 Å². The average Bonchev–Trinajstić information content (AvgIpc) is 4.10. The smallest absolute Gasteiger partial charge is 0.437 e. The van der Waals surface area contributed by atoms with Crippen LogP contribution in [0.4, 0.5) is 18.0 Å². The molecule has 0 bridgehead atoms. The molecule has 0 unspecified atom stereocenters. The highest BCUT2D eigenvalue weighted by Crippen LogP contribution is 2.50. The van der Waals surface area contributed by atoms with Gasteiger partial charge in [0.15, 0.2) is 11.4 Å². The summed E-state index contributed by atoms with van der Waals surface area (Å²) in [5.41, 5.74) is -4.24. The van der Waals surface area contributed by atoms with Crippen LogP contribution in [-0.2, 0) is 41.7 Å². The Hall–Kier alpha value is -4.68. The second-order valence-corrected chi connectivity index (χ2v) is 20.5. The minimum atomic E-state index is -4.96. The SMILES string of the molecule is CCC[C@H](CC(C)C)OC(=O)N[C@H]1CCCCC/C=C\[C@@H]2C[C@@]2(C(=O)NS(=O)(=O)C2(C)CC2)NC(=O)[C@@H]2C[C@]3(CCc4c(c(C(F)(F)F)nc5ccc(OC)nc45)O3)CN2C1=O. The predicted molar refractivity (Wildman–Crippen MR) is 220 cm³/mol. The molecule has 3 N–H and O–H groups in total. The minimum Gasteiger partial charge on any atom is -0.483 e. The Labute approximate surface area is 359 Å². The molecule has 340 valence electrons. The molecule has 0 aromatic carbocycles. The lowest BCUT2D eigenvalue weighted by atomic mass is 9.87. The number of hydrogen-bond donors (Lipinski definition) is 3. The fourth-order valence-corrected chi connectivity index (χ4v) is 10.4. The van der Waals surface area contributed by atoms with Crippen LogP contribution >= 0.6 is 0 Å². The quantitative estimate of drug-likeness (QED) is 0.236. The Bertz CT molecular complexity index is 2230. The number of alkyl carbamates (subject to hydrolysis) is 1. The molecule has 5 aliphatic rings. The van der Waals surface area contributed by atoms with E-state index in [1.807, 2.05) is 26.8 Å². The second-order valence-electron chi connectivity index (χ2n) is 18.3. The van der Waals surface area contributed by atoms with E-state index >= 15 is 0 Å². The lowest BCUT2D eigenvalue weighted by molar-refractivity contribution is -0.144. The van der Waals surface area contributed by atoms with Gasteiger partial charge in [0.2, 0.25) is 27.7 Å². The number of aryl methyl sites for hydroxylation is 1. The predicted octanol–water partition coefficient (Wildman–Crippen LogP) is 6.03. The number of halogens is 3. The van der Waals surface area contributed by atoms with Crippen LogP contribution in [0.25, 0.3) is 11.0 Å². The molecule has 2 aromatic heterocycles. The van der Waals surface area contributed by atoms with E-state index in [4.69, 9.17) is 14.2 Å². The van der Waals surface area contributed by atoms with Crippen molar-refractivity contribution in [3.63, 3.8) is 0 Å². The number of alkyl halides is 3. The zero-order valence-electron chi connectivity index (χ0n) is 35.9. The van der Waals surface area contributed by atoms with Gasteiger partial charge in [-0.15, -0.1) is 0 Å². The topological polar surface area (TPSA) is 195 Å². The number of aromatic nitrogens is 2. The van der Waals surface area contributed by atoms with E-state index in [1.165, 1.54) is 31.1 Å². The molecule has 62 heavy (non-hydrogen) atoms. The first-order valence-electron chi connectivity index (χ1n) is 21.7. The lowest BCUT2D eigenvalue weighted by Gasteiger charge is -2.37. The summed E-state index contributed by atoms with van der Waals surface area (Å²) in [6.07, 6.45) is 2.72. The van der Waals surface area contributed by atoms with Crippen molar-refractivity contribution in [1.29, 1.82) is 0 Å². The highest BCUT2D eigenvalue weighted by molar-refractivity contribution is 7.91. The number of nitrogens with one attached hydrogen (secondary N) is 3. The Kier molecular flexibility index (Phi) is 12.5. The second kappa shape index (κ2) is 17.1. The van der Waals surface area contributed by atoms with Crippen molar-refractivity contribution in [2.75, 3.05) is 13.7 Å². The van der Waals surface area contributed by atoms with Crippen molar-refractivity contribution in [3.8, 4) is 11.6 Å². The van der Waals surface area contributed by atoms with Gasteiger partial charge < -0.3 is 29.7 Å². The molecule has 2 aromatic rings. The Morgan fingerprint density at radius 1 is 1.10 bits per heavy atom. The number of nitrogens with zero attached hydrogens (tertiary/aromatic N) is 3. The van der Waals surface area contributed by atoms with Gasteiger partial charge in [0.05, 0.1) is 29.4 Å². The first-order chi connectivity index (χ1) is 29.2. The van der Waals surface area contributed by atoms with Crippen LogP contribution in [0.15, 0.2) is 24.3 Å². The average molecular weight is 891 g/mol. The summed E-state index contributed by atoms with van der Waals surface area (Å²) in [6.45, 7) is 7.18. The molecule has 0 radical (unpaired) electrons. The number of amides is 4. The molecular weight excluding hydrogens is 834 g/mol. The van der Waals surface area contributed by atoms with Gasteiger partial charge in [-0.2, -0.15) is 13.2 Å². The van der Waals surface area contributed by atoms with Gasteiger partial charge in [0.1, 0.15) is 29.3 Å². The van der Waals surface area contributed by atoms with Gasteiger partial charge >= 0.3 is 12.3 Å². The number of hydrogen-bond acceptors (Lipinski definition) is 11. The first kappa shape index (κ1) is 45.3. The highest BCUT2D eigenvalue weighted by atomic mass is 32.2. The monoisotopic (exact) mass is 890 g/mol. The van der Waals surface area contributed by atoms with Crippen LogP contribution in [-0.4, -0.2) is 94.8 Å². The molecule has 1 saturated heterocycles. The van der Waals surface area contributed by atoms with Crippen molar-refractivity contribution in [2.24, 2.45) is 11.8 Å². The molecule has 6 atom stereocenters. The third kappa shape index (κ3) is 9.18. The molecule has 2 aliphatic carbocycles. The standard InChI is InChI=1S/C43H57F3N6O9S/c1-6-12-27(21-25(2)3)60-39(56)48-30-14-11-9-7-8-10-13-26-22-42(26,38(55)51-62(57,58)40(4)19-20-40)50-36(53)31-23-41(24-52(31)37(30)54)18-17-28-33-29(15-16-32(49-33)59-5)47-35(34(28)61-41)43(44,45)46/h10,13,15-16,25-27,30-31H,6-9,11-12,14,17-24H2,1-5H3,(H,48,56)(H,50,53)(H,51,55)/b13-10-/t26-,27-,30+,31+,41-,42-/m1/s1. The van der Waals surface area contributed by atoms with Gasteiger partial charge in [-0.3, -0.25) is 19.1 Å². The minimum absolute atomic E-state index is 0.00643. The number of rotatable bonds is 10. The van der Waals surface area contributed by atoms with Crippen LogP contribution in [0.3, 0.4) is 0 Å². The summed E-state index contributed by atoms with van der Waals surface area (Å²) in [7, 11) is -2.73. The molecule has 4 amide bonds. The molecule has 7 rings (SSSR count). The molecular formula is C43H57F3N6O9S. The van der Waals surface area contributed by atoms with E-state index in [9.17, 15) is 40.8 Å². The van der Waals surface area contributed by atoms with Crippen molar-refractivity contribution in [1.82, 2.24) is 30.2 Å². The van der Waals surface area contributed by atoms with Gasteiger partial charge in [-0.1, -0.05) is 52.2 Å². The molecule has 19 heteroatoms. The number of sulfonamides is 1. The van der Waals surface area contributed by atoms with Crippen molar-refractivity contribution >= 4 is 44.9 Å². The van der Waals surface area contributed by atoms with Gasteiger partial charge in [-0.25, -0.2) is 23.2 Å². The summed E-state index contributed by atoms with van der Waals surface area (Å²) in [6, 6.07) is 0.193. The Morgan fingerprint density at radius 2 is 1.85 bits per heavy atom. The number of allylic oxidation sites excluding steroid dienone is 1. The van der Waals surface area contributed by atoms with E-state index in [0.717, 1.165) is 6.42 Å². The van der Waals surface area contributed by atoms with Gasteiger partial charge in [0.25, 0.3) is 5.91 Å². The van der Waals surface area contributed by atoms with Crippen molar-refractivity contribution in [3.05, 3.63) is 35.5 Å². The fourth-order valence-electron chi connectivity index (χ4n) is 9.08. The molecule has 1 spiro atoms. The van der Waals surface area contributed by atoms with Crippen molar-refractivity contribution in [2.45, 2.75) is 158 Å². The number of methoxy groups -OCH3 is 1. The van der Waals surface area contributed by atoms with Crippen LogP contribution in [0.2, 0.25) is 0 Å². The molecule has 3 aliphatic heterocycles. The van der Waals surface area contributed by atoms with Gasteiger partial charge in [-0.05, 0) is 83.1 Å². The molecule has 15 nitrogen and oxygen atoms in total. The van der Waals surface area contributed by atoms with E-state index in [-0.39, 0.29) is 67.0 Å². The van der Waals surface area contributed by atoms with Crippen LogP contribution in [0, 0.1) is 11.8 Å². The maximum Gasteiger partial charge on any atom is 0.437 e. The zero-order valence-corrected chi connectivity index (χ0v) is 36.7. The van der Waals surface area contributed by atoms with Gasteiger partial charge in [0, 0.05) is 24.0 Å². The molecule has 5 heterocycles. The van der Waals surface area contributed by atoms with E-state index in [2.05, 4.69) is 25.3 Å². The number of ether oxygens (including phenoxy) is 3. The van der Waals surface area contributed by atoms with Crippen LogP contribution < -0.4 is 24.8 Å². The molecule has 2 saturated carbocycles. The number of carbonyl (C=O) groups is 4. The summed E-state index contributed by atoms with van der Waals surface area (Å²) < 4.78 is 89.5. The maximum absolute atomic E-state index is 14.9. The number of pyridine rings is 2. The zero-order chi connectivity index (χ0) is 44.8. The third-order valence-electron chi connectivity index (χ3n) is 13.0. The summed E-state index contributed by atoms with van der Waals surface area (Å²) in [4.78, 5) is 66.7. The summed E-state index contributed by atoms with van der Waals surface area (Å²) in [5.74, 6) is -3.16. The highest BCUT2D eigenvalue weighted by Gasteiger charge is 2.64. The Morgan fingerprint density at radius 3 is 2.53 bits per heavy atom. The van der Waals surface area contributed by atoms with Crippen LogP contribution in [0.5, 0.6) is 11.6 Å². The summed E-state index contributed by atoms with van der Waals surface area (Å²) in [5, 5.41) is 5.56. The number of carbonyl (C=O) groups excluding carboxylic acids is 4. The largest absolute Gasteiger partial charge is 0.483 e. The van der Waals surface area contributed by atoms with E-state index in [0.29, 0.717) is 51.4 Å². The Balaban J connectivity index is 1.26.